The highest BCUT2D eigenvalue weighted by molar-refractivity contribution is 6.04. The topological polar surface area (TPSA) is 64.0 Å². The second kappa shape index (κ2) is 7.12. The van der Waals surface area contributed by atoms with E-state index in [4.69, 9.17) is 0 Å². The van der Waals surface area contributed by atoms with Crippen molar-refractivity contribution in [3.05, 3.63) is 100 Å². The molecule has 4 rings (SSSR count). The van der Waals surface area contributed by atoms with Gasteiger partial charge in [0.25, 0.3) is 11.5 Å². The van der Waals surface area contributed by atoms with Crippen molar-refractivity contribution in [1.29, 1.82) is 0 Å². The summed E-state index contributed by atoms with van der Waals surface area (Å²) in [5, 5.41) is 3.47. The molecular weight excluding hydrogens is 350 g/mol. The number of carbonyl (C=O) groups is 1. The molecule has 0 saturated carbocycles. The molecule has 0 radical (unpaired) electrons. The monoisotopic (exact) mass is 369 g/mol. The van der Waals surface area contributed by atoms with Crippen LogP contribution in [0.3, 0.4) is 0 Å². The molecule has 1 aromatic heterocycles. The average molecular weight is 369 g/mol. The molecule has 3 aromatic carbocycles. The van der Waals surface area contributed by atoms with Crippen LogP contribution in [0.5, 0.6) is 0 Å². The minimum Gasteiger partial charge on any atom is -0.322 e. The second-order valence-corrected chi connectivity index (χ2v) is 6.64. The number of anilines is 1. The molecule has 0 unspecified atom stereocenters. The van der Waals surface area contributed by atoms with E-state index >= 15 is 0 Å². The number of hydrogen-bond acceptors (Lipinski definition) is 3. The summed E-state index contributed by atoms with van der Waals surface area (Å²) in [4.78, 5) is 29.9. The molecule has 4 aromatic rings. The van der Waals surface area contributed by atoms with Crippen LogP contribution >= 0.6 is 0 Å². The SMILES string of the molecule is Cc1cc(NC(=O)c2ccccc2)ccc1-n1c(C)nc2ccccc2c1=O. The summed E-state index contributed by atoms with van der Waals surface area (Å²) in [5.41, 5.74) is 3.47. The number of amides is 1. The molecule has 0 aliphatic heterocycles. The summed E-state index contributed by atoms with van der Waals surface area (Å²) in [6, 6.07) is 21.9. The van der Waals surface area contributed by atoms with Crippen LogP contribution in [0.1, 0.15) is 21.7 Å². The summed E-state index contributed by atoms with van der Waals surface area (Å²) in [6.07, 6.45) is 0. The molecular formula is C23H19N3O2. The Labute approximate surface area is 162 Å². The van der Waals surface area contributed by atoms with Crippen LogP contribution in [0, 0.1) is 13.8 Å². The van der Waals surface area contributed by atoms with Gasteiger partial charge in [-0.25, -0.2) is 4.98 Å². The van der Waals surface area contributed by atoms with Crippen LogP contribution < -0.4 is 10.9 Å². The molecule has 1 heterocycles. The van der Waals surface area contributed by atoms with Gasteiger partial charge in [0.05, 0.1) is 16.6 Å². The van der Waals surface area contributed by atoms with E-state index in [1.54, 1.807) is 28.8 Å². The number of benzene rings is 3. The van der Waals surface area contributed by atoms with Crippen LogP contribution in [-0.2, 0) is 0 Å². The fourth-order valence-electron chi connectivity index (χ4n) is 3.30. The van der Waals surface area contributed by atoms with Gasteiger partial charge >= 0.3 is 0 Å². The normalized spacial score (nSPS) is 10.8. The van der Waals surface area contributed by atoms with Crippen molar-refractivity contribution < 1.29 is 4.79 Å². The first-order chi connectivity index (χ1) is 13.5. The van der Waals surface area contributed by atoms with Gasteiger partial charge in [0, 0.05) is 11.3 Å². The number of fused-ring (bicyclic) bond motifs is 1. The lowest BCUT2D eigenvalue weighted by Gasteiger charge is -2.15. The van der Waals surface area contributed by atoms with E-state index in [2.05, 4.69) is 10.3 Å². The van der Waals surface area contributed by atoms with Gasteiger partial charge in [-0.1, -0.05) is 30.3 Å². The average Bonchev–Trinajstić information content (AvgIpc) is 2.70. The quantitative estimate of drug-likeness (QED) is 0.587. The largest absolute Gasteiger partial charge is 0.322 e. The van der Waals surface area contributed by atoms with E-state index in [0.717, 1.165) is 11.3 Å². The molecule has 1 amide bonds. The first-order valence-electron chi connectivity index (χ1n) is 9.00. The summed E-state index contributed by atoms with van der Waals surface area (Å²) < 4.78 is 1.61. The smallest absolute Gasteiger partial charge is 0.265 e. The number of nitrogens with zero attached hydrogens (tertiary/aromatic N) is 2. The third kappa shape index (κ3) is 3.18. The van der Waals surface area contributed by atoms with Crippen LogP contribution in [-0.4, -0.2) is 15.5 Å². The van der Waals surface area contributed by atoms with Gasteiger partial charge in [-0.3, -0.25) is 14.2 Å². The number of aromatic nitrogens is 2. The minimum absolute atomic E-state index is 0.104. The third-order valence-corrected chi connectivity index (χ3v) is 4.67. The molecule has 0 bridgehead atoms. The molecule has 1 N–H and O–H groups in total. The van der Waals surface area contributed by atoms with E-state index < -0.39 is 0 Å². The lowest BCUT2D eigenvalue weighted by molar-refractivity contribution is 0.102. The highest BCUT2D eigenvalue weighted by Crippen LogP contribution is 2.20. The summed E-state index contributed by atoms with van der Waals surface area (Å²) in [5.74, 6) is 0.446. The standard InChI is InChI=1S/C23H19N3O2/c1-15-14-18(25-22(27)17-8-4-3-5-9-17)12-13-21(15)26-16(2)24-20-11-7-6-10-19(20)23(26)28/h3-14H,1-2H3,(H,25,27). The van der Waals surface area contributed by atoms with Gasteiger partial charge in [-0.05, 0) is 61.9 Å². The maximum Gasteiger partial charge on any atom is 0.265 e. The van der Waals surface area contributed by atoms with Crippen molar-refractivity contribution >= 4 is 22.5 Å². The van der Waals surface area contributed by atoms with Crippen LogP contribution in [0.25, 0.3) is 16.6 Å². The molecule has 5 nitrogen and oxygen atoms in total. The van der Waals surface area contributed by atoms with Gasteiger partial charge in [0.1, 0.15) is 5.82 Å². The Morgan fingerprint density at radius 1 is 0.929 bits per heavy atom. The molecule has 0 aliphatic rings. The van der Waals surface area contributed by atoms with E-state index in [0.29, 0.717) is 28.0 Å². The summed E-state index contributed by atoms with van der Waals surface area (Å²) in [7, 11) is 0. The first-order valence-corrected chi connectivity index (χ1v) is 9.00. The lowest BCUT2D eigenvalue weighted by Crippen LogP contribution is -2.23. The van der Waals surface area contributed by atoms with Crippen molar-refractivity contribution in [2.45, 2.75) is 13.8 Å². The van der Waals surface area contributed by atoms with Crippen LogP contribution in [0.4, 0.5) is 5.69 Å². The molecule has 0 aliphatic carbocycles. The number of carbonyl (C=O) groups excluding carboxylic acids is 1. The fourth-order valence-corrected chi connectivity index (χ4v) is 3.30. The van der Waals surface area contributed by atoms with E-state index in [1.165, 1.54) is 0 Å². The van der Waals surface area contributed by atoms with Gasteiger partial charge in [-0.15, -0.1) is 0 Å². The van der Waals surface area contributed by atoms with E-state index in [9.17, 15) is 9.59 Å². The second-order valence-electron chi connectivity index (χ2n) is 6.64. The molecule has 0 fully saturated rings. The minimum atomic E-state index is -0.173. The highest BCUT2D eigenvalue weighted by Gasteiger charge is 2.13. The number of para-hydroxylation sites is 1. The Bertz CT molecular complexity index is 1240. The van der Waals surface area contributed by atoms with Crippen molar-refractivity contribution in [3.63, 3.8) is 0 Å². The zero-order chi connectivity index (χ0) is 19.7. The highest BCUT2D eigenvalue weighted by atomic mass is 16.1. The molecule has 0 atom stereocenters. The maximum atomic E-state index is 13.0. The van der Waals surface area contributed by atoms with Gasteiger partial charge in [0.15, 0.2) is 0 Å². The Kier molecular flexibility index (Phi) is 4.49. The molecule has 5 heteroatoms. The predicted molar refractivity (Wildman–Crippen MR) is 111 cm³/mol. The first kappa shape index (κ1) is 17.7. The third-order valence-electron chi connectivity index (χ3n) is 4.67. The number of hydrogen-bond donors (Lipinski definition) is 1. The Morgan fingerprint density at radius 3 is 2.39 bits per heavy atom. The summed E-state index contributed by atoms with van der Waals surface area (Å²) in [6.45, 7) is 3.73. The van der Waals surface area contributed by atoms with E-state index in [1.807, 2.05) is 62.4 Å². The molecule has 0 spiro atoms. The number of aryl methyl sites for hydroxylation is 2. The van der Waals surface area contributed by atoms with E-state index in [-0.39, 0.29) is 11.5 Å². The molecule has 28 heavy (non-hydrogen) atoms. The Morgan fingerprint density at radius 2 is 1.64 bits per heavy atom. The fraction of sp³-hybridized carbons (Fsp3) is 0.0870. The van der Waals surface area contributed by atoms with Crippen LogP contribution in [0.15, 0.2) is 77.6 Å². The zero-order valence-corrected chi connectivity index (χ0v) is 15.6. The van der Waals surface area contributed by atoms with Crippen molar-refractivity contribution in [1.82, 2.24) is 9.55 Å². The van der Waals surface area contributed by atoms with Crippen molar-refractivity contribution in [3.8, 4) is 5.69 Å². The predicted octanol–water partition coefficient (Wildman–Crippen LogP) is 4.25. The Balaban J connectivity index is 1.72. The molecule has 0 saturated heterocycles. The van der Waals surface area contributed by atoms with Gasteiger partial charge < -0.3 is 5.32 Å². The number of rotatable bonds is 3. The van der Waals surface area contributed by atoms with Crippen LogP contribution in [0.2, 0.25) is 0 Å². The van der Waals surface area contributed by atoms with Crippen molar-refractivity contribution in [2.24, 2.45) is 0 Å². The zero-order valence-electron chi connectivity index (χ0n) is 15.6. The molecule has 138 valence electrons. The van der Waals surface area contributed by atoms with Gasteiger partial charge in [0.2, 0.25) is 0 Å². The number of nitrogens with one attached hydrogen (secondary N) is 1. The summed E-state index contributed by atoms with van der Waals surface area (Å²) >= 11 is 0. The Hall–Kier alpha value is -3.73. The maximum absolute atomic E-state index is 13.0. The van der Waals surface area contributed by atoms with Crippen molar-refractivity contribution in [2.75, 3.05) is 5.32 Å². The lowest BCUT2D eigenvalue weighted by atomic mass is 10.1. The van der Waals surface area contributed by atoms with Gasteiger partial charge in [-0.2, -0.15) is 0 Å².